The monoisotopic (exact) mass is 366 g/mol. The lowest BCUT2D eigenvalue weighted by atomic mass is 9.86. The summed E-state index contributed by atoms with van der Waals surface area (Å²) in [6.07, 6.45) is 3.25. The van der Waals surface area contributed by atoms with Gasteiger partial charge in [-0.3, -0.25) is 0 Å². The molecule has 0 atom stereocenters. The number of rotatable bonds is 7. The first-order chi connectivity index (χ1) is 11.1. The maximum atomic E-state index is 13.1. The maximum Gasteiger partial charge on any atom is 0.321 e. The minimum Gasteiger partial charge on any atom is -0.335 e. The van der Waals surface area contributed by atoms with Crippen LogP contribution in [0.15, 0.2) is 4.52 Å². The van der Waals surface area contributed by atoms with Crippen molar-refractivity contribution in [3.63, 3.8) is 0 Å². The van der Waals surface area contributed by atoms with Crippen molar-refractivity contribution in [2.75, 3.05) is 11.9 Å². The molecule has 0 bridgehead atoms. The van der Waals surface area contributed by atoms with E-state index < -0.39 is 27.0 Å². The van der Waals surface area contributed by atoms with Crippen LogP contribution in [0.3, 0.4) is 0 Å². The molecule has 2 N–H and O–H groups in total. The molecule has 1 aliphatic carbocycles. The van der Waals surface area contributed by atoms with Crippen LogP contribution in [0.5, 0.6) is 0 Å². The van der Waals surface area contributed by atoms with Crippen molar-refractivity contribution in [3.8, 4) is 0 Å². The molecular formula is C14H24F2N4O3S. The Hall–Kier alpha value is -1.29. The van der Waals surface area contributed by atoms with Crippen LogP contribution in [0.1, 0.15) is 52.3 Å². The van der Waals surface area contributed by atoms with Gasteiger partial charge >= 0.3 is 11.9 Å². The van der Waals surface area contributed by atoms with Gasteiger partial charge in [-0.15, -0.1) is 0 Å². The molecule has 138 valence electrons. The van der Waals surface area contributed by atoms with Crippen molar-refractivity contribution >= 4 is 16.0 Å². The summed E-state index contributed by atoms with van der Waals surface area (Å²) in [5.74, 6) is -3.49. The normalized spacial score (nSPS) is 22.8. The maximum absolute atomic E-state index is 13.1. The second kappa shape index (κ2) is 7.30. The van der Waals surface area contributed by atoms with Crippen molar-refractivity contribution in [2.24, 2.45) is 5.92 Å². The fraction of sp³-hybridized carbons (Fsp3) is 0.857. The number of nitrogens with one attached hydrogen (secondary N) is 2. The predicted octanol–water partition coefficient (Wildman–Crippen LogP) is 2.48. The molecule has 24 heavy (non-hydrogen) atoms. The highest BCUT2D eigenvalue weighted by molar-refractivity contribution is 7.90. The van der Waals surface area contributed by atoms with Gasteiger partial charge in [-0.25, -0.2) is 13.1 Å². The van der Waals surface area contributed by atoms with E-state index in [9.17, 15) is 17.2 Å². The Kier molecular flexibility index (Phi) is 5.79. The van der Waals surface area contributed by atoms with Gasteiger partial charge in [0.25, 0.3) is 0 Å². The number of halogens is 2. The van der Waals surface area contributed by atoms with Gasteiger partial charge in [0.15, 0.2) is 0 Å². The number of anilines is 1. The SMILES string of the molecule is CC(C)S(=O)(=O)NCC1CCC(Nc2nc(C(C)(F)F)no2)CC1. The van der Waals surface area contributed by atoms with Crippen molar-refractivity contribution in [3.05, 3.63) is 5.82 Å². The first-order valence-electron chi connectivity index (χ1n) is 8.05. The van der Waals surface area contributed by atoms with Gasteiger partial charge in [-0.1, -0.05) is 5.16 Å². The van der Waals surface area contributed by atoms with Gasteiger partial charge < -0.3 is 9.84 Å². The van der Waals surface area contributed by atoms with Crippen molar-refractivity contribution < 1.29 is 21.7 Å². The second-order valence-corrected chi connectivity index (χ2v) is 8.94. The van der Waals surface area contributed by atoms with E-state index in [0.29, 0.717) is 13.5 Å². The smallest absolute Gasteiger partial charge is 0.321 e. The summed E-state index contributed by atoms with van der Waals surface area (Å²) in [4.78, 5) is 3.65. The third-order valence-electron chi connectivity index (χ3n) is 4.19. The number of hydrogen-bond donors (Lipinski definition) is 2. The van der Waals surface area contributed by atoms with Gasteiger partial charge in [0.2, 0.25) is 15.8 Å². The fourth-order valence-corrected chi connectivity index (χ4v) is 3.35. The second-order valence-electron chi connectivity index (χ2n) is 6.62. The molecule has 1 saturated carbocycles. The highest BCUT2D eigenvalue weighted by atomic mass is 32.2. The number of alkyl halides is 2. The summed E-state index contributed by atoms with van der Waals surface area (Å²) in [5, 5.41) is 5.79. The lowest BCUT2D eigenvalue weighted by molar-refractivity contribution is 0.00559. The fourth-order valence-electron chi connectivity index (χ4n) is 2.55. The topological polar surface area (TPSA) is 97.1 Å². The quantitative estimate of drug-likeness (QED) is 0.769. The Labute approximate surface area is 140 Å². The van der Waals surface area contributed by atoms with Crippen molar-refractivity contribution in [2.45, 2.75) is 63.7 Å². The lowest BCUT2D eigenvalue weighted by Gasteiger charge is -2.28. The molecule has 7 nitrogen and oxygen atoms in total. The summed E-state index contributed by atoms with van der Waals surface area (Å²) in [7, 11) is -3.24. The number of hydrogen-bond acceptors (Lipinski definition) is 6. The Bertz CT molecular complexity index is 635. The highest BCUT2D eigenvalue weighted by Crippen LogP contribution is 2.28. The van der Waals surface area contributed by atoms with Crippen LogP contribution in [-0.2, 0) is 15.9 Å². The standard InChI is InChI=1S/C14H24F2N4O3S/c1-9(2)24(21,22)17-8-10-4-6-11(7-5-10)18-13-19-12(20-23-13)14(3,15)16/h9-11,17H,4-8H2,1-3H3,(H,18,19,20). The van der Waals surface area contributed by atoms with E-state index in [1.807, 2.05) is 0 Å². The lowest BCUT2D eigenvalue weighted by Crippen LogP contribution is -2.37. The average molecular weight is 366 g/mol. The molecule has 1 heterocycles. The Morgan fingerprint density at radius 2 is 1.92 bits per heavy atom. The van der Waals surface area contributed by atoms with Crippen LogP contribution in [-0.4, -0.2) is 36.4 Å². The number of nitrogens with zero attached hydrogens (tertiary/aromatic N) is 2. The number of aromatic nitrogens is 2. The zero-order valence-electron chi connectivity index (χ0n) is 14.1. The summed E-state index contributed by atoms with van der Waals surface area (Å²) in [5.41, 5.74) is 0. The van der Waals surface area contributed by atoms with E-state index in [4.69, 9.17) is 4.52 Å². The zero-order valence-corrected chi connectivity index (χ0v) is 14.9. The van der Waals surface area contributed by atoms with Crippen LogP contribution in [0.4, 0.5) is 14.8 Å². The minimum atomic E-state index is -3.24. The van der Waals surface area contributed by atoms with Crippen LogP contribution >= 0.6 is 0 Å². The molecule has 10 heteroatoms. The van der Waals surface area contributed by atoms with E-state index in [1.54, 1.807) is 13.8 Å². The van der Waals surface area contributed by atoms with Gasteiger partial charge in [0.1, 0.15) is 0 Å². The number of sulfonamides is 1. The average Bonchev–Trinajstić information content (AvgIpc) is 2.95. The summed E-state index contributed by atoms with van der Waals surface area (Å²) < 4.78 is 57.1. The van der Waals surface area contributed by atoms with E-state index in [1.165, 1.54) is 0 Å². The minimum absolute atomic E-state index is 0.00418. The van der Waals surface area contributed by atoms with Gasteiger partial charge in [0.05, 0.1) is 5.25 Å². The molecular weight excluding hydrogens is 342 g/mol. The van der Waals surface area contributed by atoms with Gasteiger partial charge in [0, 0.05) is 19.5 Å². The van der Waals surface area contributed by atoms with Crippen LogP contribution in [0.2, 0.25) is 0 Å². The zero-order chi connectivity index (χ0) is 18.0. The Morgan fingerprint density at radius 3 is 2.42 bits per heavy atom. The Morgan fingerprint density at radius 1 is 1.29 bits per heavy atom. The molecule has 1 aliphatic rings. The third kappa shape index (κ3) is 5.10. The van der Waals surface area contributed by atoms with Crippen molar-refractivity contribution in [1.29, 1.82) is 0 Å². The van der Waals surface area contributed by atoms with Gasteiger partial charge in [-0.05, 0) is 45.4 Å². The largest absolute Gasteiger partial charge is 0.335 e. The first kappa shape index (κ1) is 19.0. The predicted molar refractivity (Wildman–Crippen MR) is 85.3 cm³/mol. The molecule has 0 amide bonds. The third-order valence-corrected chi connectivity index (χ3v) is 6.00. The van der Waals surface area contributed by atoms with Crippen LogP contribution < -0.4 is 10.0 Å². The molecule has 0 saturated heterocycles. The molecule has 0 aliphatic heterocycles. The molecule has 1 aromatic heterocycles. The van der Waals surface area contributed by atoms with Crippen molar-refractivity contribution in [1.82, 2.24) is 14.9 Å². The van der Waals surface area contributed by atoms with E-state index in [2.05, 4.69) is 20.2 Å². The molecule has 1 aromatic rings. The summed E-state index contributed by atoms with van der Waals surface area (Å²) in [6.45, 7) is 4.42. The highest BCUT2D eigenvalue weighted by Gasteiger charge is 2.32. The van der Waals surface area contributed by atoms with Crippen LogP contribution in [0.25, 0.3) is 0 Å². The molecule has 0 unspecified atom stereocenters. The van der Waals surface area contributed by atoms with Gasteiger partial charge in [-0.2, -0.15) is 13.8 Å². The molecule has 2 rings (SSSR count). The first-order valence-corrected chi connectivity index (χ1v) is 9.59. The summed E-state index contributed by atoms with van der Waals surface area (Å²) >= 11 is 0. The molecule has 0 aromatic carbocycles. The molecule has 0 spiro atoms. The van der Waals surface area contributed by atoms with E-state index >= 15 is 0 Å². The Balaban J connectivity index is 1.78. The molecule has 1 fully saturated rings. The molecule has 0 radical (unpaired) electrons. The van der Waals surface area contributed by atoms with E-state index in [-0.39, 0.29) is 18.0 Å². The summed E-state index contributed by atoms with van der Waals surface area (Å²) in [6, 6.07) is 0.0530. The van der Waals surface area contributed by atoms with E-state index in [0.717, 1.165) is 25.7 Å². The van der Waals surface area contributed by atoms with Crippen LogP contribution in [0, 0.1) is 5.92 Å².